The monoisotopic (exact) mass is 298 g/mol. The summed E-state index contributed by atoms with van der Waals surface area (Å²) in [4.78, 5) is 0. The van der Waals surface area contributed by atoms with Crippen LogP contribution in [0.15, 0.2) is 61.7 Å². The molecule has 0 radical (unpaired) electrons. The molecular formula is C20H22O2. The normalized spacial score (nSPS) is 14.1. The number of hydrogen-bond acceptors (Lipinski definition) is 2. The summed E-state index contributed by atoms with van der Waals surface area (Å²) in [5.41, 5.74) is 1.09. The van der Waals surface area contributed by atoms with E-state index in [2.05, 4.69) is 13.2 Å². The van der Waals surface area contributed by atoms with Crippen molar-refractivity contribution in [2.75, 3.05) is 14.2 Å². The molecule has 0 bridgehead atoms. The molecular weight excluding hydrogens is 272 g/mol. The van der Waals surface area contributed by atoms with Gasteiger partial charge in [0.25, 0.3) is 0 Å². The van der Waals surface area contributed by atoms with Gasteiger partial charge in [0.15, 0.2) is 0 Å². The van der Waals surface area contributed by atoms with Crippen molar-refractivity contribution in [3.63, 3.8) is 0 Å². The molecule has 0 saturated heterocycles. The highest BCUT2D eigenvalue weighted by Gasteiger charge is 2.04. The van der Waals surface area contributed by atoms with E-state index in [1.165, 1.54) is 0 Å². The number of allylic oxidation sites excluding steroid dienone is 2. The van der Waals surface area contributed by atoms with Crippen molar-refractivity contribution in [2.45, 2.75) is 12.7 Å². The van der Waals surface area contributed by atoms with Gasteiger partial charge < -0.3 is 9.47 Å². The largest absolute Gasteiger partial charge is 0.497 e. The molecule has 0 aliphatic carbocycles. The van der Waals surface area contributed by atoms with Gasteiger partial charge in [-0.25, -0.2) is 0 Å². The molecule has 0 atom stereocenters. The number of benzene rings is 2. The zero-order valence-corrected chi connectivity index (χ0v) is 12.8. The van der Waals surface area contributed by atoms with Gasteiger partial charge in [0.1, 0.15) is 11.5 Å². The van der Waals surface area contributed by atoms with E-state index in [9.17, 15) is 0 Å². The third-order valence-electron chi connectivity index (χ3n) is 3.24. The molecule has 2 aromatic carbocycles. The molecule has 2 nitrogen and oxygen atoms in total. The second-order valence-electron chi connectivity index (χ2n) is 4.66. The molecule has 0 fully saturated rings. The lowest BCUT2D eigenvalue weighted by atomic mass is 9.97. The highest BCUT2D eigenvalue weighted by Crippen LogP contribution is 2.26. The third kappa shape index (κ3) is 4.01. The van der Waals surface area contributed by atoms with Crippen LogP contribution in [0, 0.1) is 0 Å². The Labute approximate surface area is 138 Å². The molecule has 0 heterocycles. The first-order valence-electron chi connectivity index (χ1n) is 8.82. The Balaban J connectivity index is 2.33. The van der Waals surface area contributed by atoms with Crippen LogP contribution in [0.2, 0.25) is 0 Å². The molecule has 0 aliphatic rings. The Kier molecular flexibility index (Phi) is 3.80. The number of rotatable bonds is 7. The summed E-state index contributed by atoms with van der Waals surface area (Å²) in [5.74, 6) is 1.26. The molecule has 22 heavy (non-hydrogen) atoms. The third-order valence-corrected chi connectivity index (χ3v) is 3.24. The van der Waals surface area contributed by atoms with Crippen molar-refractivity contribution in [1.82, 2.24) is 0 Å². The van der Waals surface area contributed by atoms with Gasteiger partial charge in [-0.15, -0.1) is 0 Å². The maximum Gasteiger partial charge on any atom is 0.118 e. The average Bonchev–Trinajstić information content (AvgIpc) is 2.66. The van der Waals surface area contributed by atoms with E-state index >= 15 is 0 Å². The average molecular weight is 298 g/mol. The maximum atomic E-state index is 8.40. The number of ether oxygens (including phenoxy) is 2. The molecule has 2 aromatic rings. The van der Waals surface area contributed by atoms with Gasteiger partial charge in [-0.05, 0) is 59.3 Å². The summed E-state index contributed by atoms with van der Waals surface area (Å²) < 4.78 is 43.8. The van der Waals surface area contributed by atoms with E-state index in [-0.39, 0.29) is 11.1 Å². The lowest BCUT2D eigenvalue weighted by Gasteiger charge is -2.10. The van der Waals surface area contributed by atoms with Crippen LogP contribution in [0.4, 0.5) is 0 Å². The van der Waals surface area contributed by atoms with Crippen molar-refractivity contribution in [3.8, 4) is 11.5 Å². The Hall–Kier alpha value is -2.48. The van der Waals surface area contributed by atoms with Gasteiger partial charge in [-0.2, -0.15) is 0 Å². The topological polar surface area (TPSA) is 18.5 Å². The summed E-state index contributed by atoms with van der Waals surface area (Å²) in [7, 11) is 3.08. The van der Waals surface area contributed by atoms with E-state index in [4.69, 9.17) is 15.0 Å². The van der Waals surface area contributed by atoms with Gasteiger partial charge in [0.05, 0.1) is 14.2 Å². The summed E-state index contributed by atoms with van der Waals surface area (Å²) >= 11 is 0. The van der Waals surface area contributed by atoms with Crippen LogP contribution in [-0.2, 0) is 0 Å². The van der Waals surface area contributed by atoms with E-state index in [1.54, 1.807) is 62.8 Å². The van der Waals surface area contributed by atoms with E-state index in [0.717, 1.165) is 0 Å². The Morgan fingerprint density at radius 2 is 1.09 bits per heavy atom. The van der Waals surface area contributed by atoms with Crippen molar-refractivity contribution in [3.05, 3.63) is 72.8 Å². The molecule has 0 aliphatic heterocycles. The van der Waals surface area contributed by atoms with Gasteiger partial charge >= 0.3 is 0 Å². The molecule has 2 heteroatoms. The lowest BCUT2D eigenvalue weighted by molar-refractivity contribution is 0.414. The molecule has 0 amide bonds. The van der Waals surface area contributed by atoms with E-state index in [0.29, 0.717) is 22.6 Å². The van der Waals surface area contributed by atoms with Crippen molar-refractivity contribution in [2.24, 2.45) is 0 Å². The summed E-state index contributed by atoms with van der Waals surface area (Å²) in [6.45, 7) is 7.61. The first-order valence-corrected chi connectivity index (χ1v) is 6.82. The van der Waals surface area contributed by atoms with Crippen LogP contribution < -0.4 is 9.47 Å². The first kappa shape index (κ1) is 11.1. The predicted octanol–water partition coefficient (Wildman–Crippen LogP) is 5.21. The Morgan fingerprint density at radius 3 is 1.36 bits per heavy atom. The molecule has 0 spiro atoms. The molecule has 0 aromatic heterocycles. The predicted molar refractivity (Wildman–Crippen MR) is 93.3 cm³/mol. The van der Waals surface area contributed by atoms with Crippen LogP contribution in [-0.4, -0.2) is 14.2 Å². The fourth-order valence-corrected chi connectivity index (χ4v) is 1.88. The SMILES string of the molecule is [2H]C([2H])(C(=C)c1ccc(OC)cc1)C([2H])([2H])C(=C)c1ccc(OC)cc1. The highest BCUT2D eigenvalue weighted by atomic mass is 16.5. The fourth-order valence-electron chi connectivity index (χ4n) is 1.88. The molecule has 0 saturated carbocycles. The first-order chi connectivity index (χ1) is 12.1. The summed E-state index contributed by atoms with van der Waals surface area (Å²) in [6.07, 6.45) is -4.73. The summed E-state index contributed by atoms with van der Waals surface area (Å²) in [5, 5.41) is 0. The summed E-state index contributed by atoms with van der Waals surface area (Å²) in [6, 6.07) is 13.4. The zero-order chi connectivity index (χ0) is 19.5. The zero-order valence-electron chi connectivity index (χ0n) is 16.8. The van der Waals surface area contributed by atoms with Gasteiger partial charge in [0, 0.05) is 5.48 Å². The second kappa shape index (κ2) is 7.51. The van der Waals surface area contributed by atoms with Crippen LogP contribution in [0.1, 0.15) is 29.4 Å². The fraction of sp³-hybridized carbons (Fsp3) is 0.200. The van der Waals surface area contributed by atoms with E-state index in [1.807, 2.05) is 0 Å². The van der Waals surface area contributed by atoms with Gasteiger partial charge in [-0.3, -0.25) is 0 Å². The van der Waals surface area contributed by atoms with Crippen LogP contribution >= 0.6 is 0 Å². The minimum atomic E-state index is -2.36. The van der Waals surface area contributed by atoms with Gasteiger partial charge in [0.2, 0.25) is 0 Å². The van der Waals surface area contributed by atoms with Crippen LogP contribution in [0.5, 0.6) is 11.5 Å². The quantitative estimate of drug-likeness (QED) is 0.698. The van der Waals surface area contributed by atoms with Gasteiger partial charge in [-0.1, -0.05) is 37.4 Å². The molecule has 0 unspecified atom stereocenters. The number of hydrogen-bond donors (Lipinski definition) is 0. The van der Waals surface area contributed by atoms with E-state index < -0.39 is 12.7 Å². The van der Waals surface area contributed by atoms with Crippen LogP contribution in [0.3, 0.4) is 0 Å². The van der Waals surface area contributed by atoms with Crippen molar-refractivity contribution in [1.29, 1.82) is 0 Å². The Bertz CT molecular complexity index is 724. The van der Waals surface area contributed by atoms with Crippen molar-refractivity contribution >= 4 is 11.1 Å². The minimum absolute atomic E-state index is 0.0415. The molecule has 114 valence electrons. The molecule has 2 rings (SSSR count). The molecule has 0 N–H and O–H groups in total. The minimum Gasteiger partial charge on any atom is -0.497 e. The van der Waals surface area contributed by atoms with Crippen molar-refractivity contribution < 1.29 is 15.0 Å². The Morgan fingerprint density at radius 1 is 0.773 bits per heavy atom. The smallest absolute Gasteiger partial charge is 0.118 e. The highest BCUT2D eigenvalue weighted by molar-refractivity contribution is 5.69. The van der Waals surface area contributed by atoms with Crippen LogP contribution in [0.25, 0.3) is 11.1 Å². The lowest BCUT2D eigenvalue weighted by Crippen LogP contribution is -1.89. The maximum absolute atomic E-state index is 8.40. The standard InChI is InChI=1S/C20H22O2/c1-15(17-7-11-19(21-3)12-8-17)5-6-16(2)18-9-13-20(22-4)14-10-18/h7-14H,1-2,5-6H2,3-4H3/i5D2,6D2. The second-order valence-corrected chi connectivity index (χ2v) is 4.66. The number of methoxy groups -OCH3 is 2.